The molecule has 0 unspecified atom stereocenters. The molecule has 0 saturated carbocycles. The molecule has 0 spiro atoms. The molecular weight excluding hydrogens is 266 g/mol. The van der Waals surface area contributed by atoms with Gasteiger partial charge >= 0.3 is 0 Å². The van der Waals surface area contributed by atoms with Crippen molar-refractivity contribution in [1.82, 2.24) is 14.6 Å². The molecule has 1 amide bonds. The predicted molar refractivity (Wildman–Crippen MR) is 71.1 cm³/mol. The summed E-state index contributed by atoms with van der Waals surface area (Å²) in [5.74, 6) is -0.161. The lowest BCUT2D eigenvalue weighted by molar-refractivity contribution is 0.0923. The molecule has 7 heteroatoms. The van der Waals surface area contributed by atoms with Crippen molar-refractivity contribution in [1.29, 1.82) is 0 Å². The van der Waals surface area contributed by atoms with Gasteiger partial charge in [-0.15, -0.1) is 0 Å². The summed E-state index contributed by atoms with van der Waals surface area (Å²) in [6, 6.07) is 3.43. The maximum atomic E-state index is 11.9. The second-order valence-electron chi connectivity index (χ2n) is 4.65. The number of nitrogens with one attached hydrogen (secondary N) is 1. The first kappa shape index (κ1) is 14.0. The topological polar surface area (TPSA) is 79.4 Å². The largest absolute Gasteiger partial charge is 0.349 e. The van der Waals surface area contributed by atoms with Crippen LogP contribution >= 0.6 is 0 Å². The number of rotatable bonds is 3. The molecule has 6 nitrogen and oxygen atoms in total. The van der Waals surface area contributed by atoms with Gasteiger partial charge in [0, 0.05) is 31.5 Å². The molecule has 1 aromatic heterocycles. The number of pyridine rings is 1. The maximum Gasteiger partial charge on any atom is 0.253 e. The molecule has 1 fully saturated rings. The van der Waals surface area contributed by atoms with Crippen LogP contribution in [-0.4, -0.2) is 49.0 Å². The molecule has 2 rings (SSSR count). The van der Waals surface area contributed by atoms with Crippen LogP contribution in [0.5, 0.6) is 0 Å². The number of hydrogen-bond donors (Lipinski definition) is 1. The van der Waals surface area contributed by atoms with Crippen molar-refractivity contribution < 1.29 is 13.2 Å². The zero-order valence-corrected chi connectivity index (χ0v) is 11.6. The van der Waals surface area contributed by atoms with Gasteiger partial charge in [0.25, 0.3) is 5.91 Å². The van der Waals surface area contributed by atoms with Crippen LogP contribution in [0.2, 0.25) is 0 Å². The van der Waals surface area contributed by atoms with Gasteiger partial charge in [-0.25, -0.2) is 12.7 Å². The molecule has 0 bridgehead atoms. The highest BCUT2D eigenvalue weighted by Crippen LogP contribution is 2.13. The van der Waals surface area contributed by atoms with Gasteiger partial charge in [-0.05, 0) is 25.0 Å². The van der Waals surface area contributed by atoms with Crippen molar-refractivity contribution in [2.75, 3.05) is 19.3 Å². The standard InChI is InChI=1S/C12H17N3O3S/c1-19(17,18)15-7-4-11(5-8-15)14-12(16)10-3-2-6-13-9-10/h2-3,6,9,11H,4-5,7-8H2,1H3,(H,14,16). The lowest BCUT2D eigenvalue weighted by Gasteiger charge is -2.30. The van der Waals surface area contributed by atoms with Crippen LogP contribution in [-0.2, 0) is 10.0 Å². The number of sulfonamides is 1. The van der Waals surface area contributed by atoms with Gasteiger partial charge < -0.3 is 5.32 Å². The van der Waals surface area contributed by atoms with E-state index in [9.17, 15) is 13.2 Å². The molecule has 19 heavy (non-hydrogen) atoms. The molecule has 0 aromatic carbocycles. The van der Waals surface area contributed by atoms with E-state index in [2.05, 4.69) is 10.3 Å². The molecule has 0 atom stereocenters. The summed E-state index contributed by atoms with van der Waals surface area (Å²) in [5.41, 5.74) is 0.521. The fourth-order valence-corrected chi connectivity index (χ4v) is 2.97. The fourth-order valence-electron chi connectivity index (χ4n) is 2.10. The minimum Gasteiger partial charge on any atom is -0.349 e. The molecule has 104 valence electrons. The highest BCUT2D eigenvalue weighted by Gasteiger charge is 2.25. The van der Waals surface area contributed by atoms with Gasteiger partial charge in [0.05, 0.1) is 11.8 Å². The number of nitrogens with zero attached hydrogens (tertiary/aromatic N) is 2. The van der Waals surface area contributed by atoms with E-state index in [0.29, 0.717) is 31.5 Å². The second kappa shape index (κ2) is 5.66. The van der Waals surface area contributed by atoms with Gasteiger partial charge in [0.1, 0.15) is 0 Å². The SMILES string of the molecule is CS(=O)(=O)N1CCC(NC(=O)c2cccnc2)CC1. The second-order valence-corrected chi connectivity index (χ2v) is 6.63. The maximum absolute atomic E-state index is 11.9. The monoisotopic (exact) mass is 283 g/mol. The summed E-state index contributed by atoms with van der Waals surface area (Å²) in [5, 5.41) is 2.91. The highest BCUT2D eigenvalue weighted by atomic mass is 32.2. The van der Waals surface area contributed by atoms with Gasteiger partial charge in [0.15, 0.2) is 0 Å². The number of hydrogen-bond acceptors (Lipinski definition) is 4. The first-order chi connectivity index (χ1) is 8.97. The Hall–Kier alpha value is -1.47. The van der Waals surface area contributed by atoms with Crippen molar-refractivity contribution in [2.45, 2.75) is 18.9 Å². The first-order valence-corrected chi connectivity index (χ1v) is 7.97. The van der Waals surface area contributed by atoms with Crippen LogP contribution in [0.4, 0.5) is 0 Å². The molecule has 1 aliphatic rings. The average molecular weight is 283 g/mol. The van der Waals surface area contributed by atoms with Crippen LogP contribution in [0.25, 0.3) is 0 Å². The number of carbonyl (C=O) groups is 1. The Morgan fingerprint density at radius 1 is 1.42 bits per heavy atom. The van der Waals surface area contributed by atoms with Gasteiger partial charge in [0.2, 0.25) is 10.0 Å². The van der Waals surface area contributed by atoms with Crippen LogP contribution in [0.1, 0.15) is 23.2 Å². The third-order valence-electron chi connectivity index (χ3n) is 3.18. The summed E-state index contributed by atoms with van der Waals surface area (Å²) >= 11 is 0. The van der Waals surface area contributed by atoms with E-state index in [0.717, 1.165) is 0 Å². The lowest BCUT2D eigenvalue weighted by Crippen LogP contribution is -2.46. The average Bonchev–Trinajstić information content (AvgIpc) is 2.39. The molecule has 0 aliphatic carbocycles. The van der Waals surface area contributed by atoms with Crippen molar-refractivity contribution in [3.05, 3.63) is 30.1 Å². The van der Waals surface area contributed by atoms with Crippen LogP contribution in [0.3, 0.4) is 0 Å². The quantitative estimate of drug-likeness (QED) is 0.861. The van der Waals surface area contributed by atoms with E-state index in [-0.39, 0.29) is 11.9 Å². The van der Waals surface area contributed by atoms with E-state index < -0.39 is 10.0 Å². The number of aromatic nitrogens is 1. The third-order valence-corrected chi connectivity index (χ3v) is 4.49. The summed E-state index contributed by atoms with van der Waals surface area (Å²) in [6.45, 7) is 0.910. The van der Waals surface area contributed by atoms with Crippen molar-refractivity contribution in [3.63, 3.8) is 0 Å². The molecule has 0 radical (unpaired) electrons. The Balaban J connectivity index is 1.88. The van der Waals surface area contributed by atoms with Crippen LogP contribution in [0.15, 0.2) is 24.5 Å². The minimum absolute atomic E-state index is 0.0192. The van der Waals surface area contributed by atoms with Crippen LogP contribution in [0, 0.1) is 0 Å². The Morgan fingerprint density at radius 2 is 2.11 bits per heavy atom. The zero-order valence-electron chi connectivity index (χ0n) is 10.7. The number of amides is 1. The molecule has 1 aromatic rings. The van der Waals surface area contributed by atoms with Gasteiger partial charge in [-0.1, -0.05) is 0 Å². The Bertz CT molecular complexity index is 537. The predicted octanol–water partition coefficient (Wildman–Crippen LogP) is 0.235. The highest BCUT2D eigenvalue weighted by molar-refractivity contribution is 7.88. The minimum atomic E-state index is -3.12. The number of carbonyl (C=O) groups excluding carboxylic acids is 1. The summed E-state index contributed by atoms with van der Waals surface area (Å²) in [7, 11) is -3.12. The summed E-state index contributed by atoms with van der Waals surface area (Å²) < 4.78 is 24.2. The van der Waals surface area contributed by atoms with E-state index in [4.69, 9.17) is 0 Å². The molecule has 1 N–H and O–H groups in total. The molecule has 2 heterocycles. The Morgan fingerprint density at radius 3 is 2.63 bits per heavy atom. The zero-order chi connectivity index (χ0) is 13.9. The van der Waals surface area contributed by atoms with E-state index in [1.54, 1.807) is 18.3 Å². The summed E-state index contributed by atoms with van der Waals surface area (Å²) in [4.78, 5) is 15.8. The smallest absolute Gasteiger partial charge is 0.253 e. The Labute approximate surface area is 112 Å². The van der Waals surface area contributed by atoms with E-state index in [1.165, 1.54) is 16.8 Å². The fraction of sp³-hybridized carbons (Fsp3) is 0.500. The lowest BCUT2D eigenvalue weighted by atomic mass is 10.1. The van der Waals surface area contributed by atoms with Crippen molar-refractivity contribution >= 4 is 15.9 Å². The molecule has 1 saturated heterocycles. The Kier molecular flexibility index (Phi) is 4.16. The molecular formula is C12H17N3O3S. The number of piperidine rings is 1. The molecule has 1 aliphatic heterocycles. The van der Waals surface area contributed by atoms with Crippen LogP contribution < -0.4 is 5.32 Å². The first-order valence-electron chi connectivity index (χ1n) is 6.13. The third kappa shape index (κ3) is 3.74. The van der Waals surface area contributed by atoms with Crippen molar-refractivity contribution in [3.8, 4) is 0 Å². The summed E-state index contributed by atoms with van der Waals surface area (Å²) in [6.07, 6.45) is 5.61. The van der Waals surface area contributed by atoms with E-state index >= 15 is 0 Å². The normalized spacial score (nSPS) is 18.2. The van der Waals surface area contributed by atoms with E-state index in [1.807, 2.05) is 0 Å². The van der Waals surface area contributed by atoms with Gasteiger partial charge in [-0.3, -0.25) is 9.78 Å². The van der Waals surface area contributed by atoms with Crippen molar-refractivity contribution in [2.24, 2.45) is 0 Å². The van der Waals surface area contributed by atoms with Gasteiger partial charge in [-0.2, -0.15) is 0 Å².